The van der Waals surface area contributed by atoms with Gasteiger partial charge in [0.1, 0.15) is 5.75 Å². The Labute approximate surface area is 157 Å². The van der Waals surface area contributed by atoms with Gasteiger partial charge in [-0.3, -0.25) is 15.1 Å². The highest BCUT2D eigenvalue weighted by molar-refractivity contribution is 7.13. The summed E-state index contributed by atoms with van der Waals surface area (Å²) in [6.45, 7) is 1.79. The number of carbonyl (C=O) groups is 1. The van der Waals surface area contributed by atoms with E-state index in [1.54, 1.807) is 12.3 Å². The van der Waals surface area contributed by atoms with E-state index in [4.69, 9.17) is 10.5 Å². The summed E-state index contributed by atoms with van der Waals surface area (Å²) in [6, 6.07) is 1.27. The summed E-state index contributed by atoms with van der Waals surface area (Å²) in [7, 11) is 0. The largest absolute Gasteiger partial charge is 0.451 e. The van der Waals surface area contributed by atoms with E-state index < -0.39 is 23.3 Å². The first kappa shape index (κ1) is 18.3. The number of nitrogens with zero attached hydrogens (tertiary/aromatic N) is 4. The molecule has 0 saturated carbocycles. The smallest absolute Gasteiger partial charge is 0.261 e. The molecular weight excluding hydrogens is 378 g/mol. The second-order valence-corrected chi connectivity index (χ2v) is 5.96. The van der Waals surface area contributed by atoms with Crippen molar-refractivity contribution >= 4 is 34.5 Å². The minimum Gasteiger partial charge on any atom is -0.451 e. The molecule has 3 aromatic rings. The predicted molar refractivity (Wildman–Crippen MR) is 97.7 cm³/mol. The third-order valence-corrected chi connectivity index (χ3v) is 4.03. The van der Waals surface area contributed by atoms with Gasteiger partial charge >= 0.3 is 0 Å². The lowest BCUT2D eigenvalue weighted by Gasteiger charge is -2.09. The number of ether oxygens (including phenoxy) is 1. The lowest BCUT2D eigenvalue weighted by Crippen LogP contribution is -2.13. The molecule has 3 aromatic heterocycles. The molecule has 0 aliphatic carbocycles. The van der Waals surface area contributed by atoms with Crippen molar-refractivity contribution in [1.29, 1.82) is 0 Å². The zero-order valence-electron chi connectivity index (χ0n) is 13.8. The van der Waals surface area contributed by atoms with Crippen LogP contribution in [-0.2, 0) is 0 Å². The highest BCUT2D eigenvalue weighted by Crippen LogP contribution is 2.28. The number of aliphatic imine (C=N–C) groups is 1. The van der Waals surface area contributed by atoms with Crippen molar-refractivity contribution in [2.75, 3.05) is 5.32 Å². The Bertz CT molecular complexity index is 1030. The average molecular weight is 392 g/mol. The van der Waals surface area contributed by atoms with E-state index >= 15 is 0 Å². The third kappa shape index (κ3) is 4.20. The summed E-state index contributed by atoms with van der Waals surface area (Å²) in [6.07, 6.45) is 3.89. The van der Waals surface area contributed by atoms with E-state index in [2.05, 4.69) is 25.3 Å². The molecule has 0 unspecified atom stereocenters. The number of nitrogens with two attached hydrogens (primary N) is 1. The van der Waals surface area contributed by atoms with Crippen LogP contribution in [0.4, 0.5) is 19.7 Å². The molecule has 0 aromatic carbocycles. The maximum Gasteiger partial charge on any atom is 0.261 e. The molecule has 0 aliphatic heterocycles. The highest BCUT2D eigenvalue weighted by Gasteiger charge is 2.17. The Morgan fingerprint density at radius 2 is 2.22 bits per heavy atom. The Morgan fingerprint density at radius 3 is 2.93 bits per heavy atom. The van der Waals surface area contributed by atoms with Gasteiger partial charge in [0.2, 0.25) is 5.82 Å². The Balaban J connectivity index is 0.00000280. The van der Waals surface area contributed by atoms with Crippen LogP contribution >= 0.6 is 11.3 Å². The molecule has 27 heavy (non-hydrogen) atoms. The molecule has 11 heteroatoms. The van der Waals surface area contributed by atoms with Crippen molar-refractivity contribution in [1.82, 2.24) is 15.0 Å². The molecule has 0 atom stereocenters. The predicted octanol–water partition coefficient (Wildman–Crippen LogP) is 3.43. The quantitative estimate of drug-likeness (QED) is 0.508. The van der Waals surface area contributed by atoms with Gasteiger partial charge in [-0.05, 0) is 13.0 Å². The molecule has 0 saturated heterocycles. The van der Waals surface area contributed by atoms with Crippen LogP contribution in [0.3, 0.4) is 0 Å². The fourth-order valence-electron chi connectivity index (χ4n) is 2.01. The number of pyridine rings is 2. The summed E-state index contributed by atoms with van der Waals surface area (Å²) in [5, 5.41) is 4.75. The van der Waals surface area contributed by atoms with Crippen LogP contribution in [0, 0.1) is 18.6 Å². The topological polar surface area (TPSA) is 115 Å². The monoisotopic (exact) mass is 392 g/mol. The molecule has 140 valence electrons. The van der Waals surface area contributed by atoms with Gasteiger partial charge in [0.15, 0.2) is 22.5 Å². The van der Waals surface area contributed by atoms with Gasteiger partial charge in [-0.1, -0.05) is 0 Å². The normalized spacial score (nSPS) is 10.9. The van der Waals surface area contributed by atoms with Crippen molar-refractivity contribution in [3.8, 4) is 11.5 Å². The number of aromatic nitrogens is 3. The summed E-state index contributed by atoms with van der Waals surface area (Å²) < 4.78 is 32.3. The van der Waals surface area contributed by atoms with Crippen molar-refractivity contribution in [3.05, 3.63) is 52.9 Å². The number of amides is 1. The number of halogens is 2. The lowest BCUT2D eigenvalue weighted by atomic mass is 10.2. The number of carbonyl (C=O) groups excluding carboxylic acids is 1. The summed E-state index contributed by atoms with van der Waals surface area (Å²) in [5.74, 6) is -3.39. The SMILES string of the molecule is Cc1csc(NC(=O)c2cc(Oc3cncc(F)c3F)cnc2/N=C\N)n1.[HH]. The second-order valence-electron chi connectivity index (χ2n) is 5.10. The minimum atomic E-state index is -1.21. The Morgan fingerprint density at radius 1 is 1.41 bits per heavy atom. The van der Waals surface area contributed by atoms with Crippen LogP contribution < -0.4 is 15.8 Å². The molecule has 3 heterocycles. The fourth-order valence-corrected chi connectivity index (χ4v) is 2.69. The van der Waals surface area contributed by atoms with E-state index in [1.165, 1.54) is 23.6 Å². The number of hydrogen-bond donors (Lipinski definition) is 2. The second kappa shape index (κ2) is 7.83. The van der Waals surface area contributed by atoms with Gasteiger partial charge in [0, 0.05) is 6.81 Å². The number of anilines is 1. The van der Waals surface area contributed by atoms with Gasteiger partial charge in [-0.2, -0.15) is 4.39 Å². The maximum absolute atomic E-state index is 13.7. The first-order valence-corrected chi connectivity index (χ1v) is 8.30. The van der Waals surface area contributed by atoms with Crippen molar-refractivity contribution in [2.45, 2.75) is 6.92 Å². The lowest BCUT2D eigenvalue weighted by molar-refractivity contribution is 0.102. The molecule has 3 N–H and O–H groups in total. The fraction of sp³-hybridized carbons (Fsp3) is 0.0625. The summed E-state index contributed by atoms with van der Waals surface area (Å²) in [5.41, 5.74) is 6.04. The van der Waals surface area contributed by atoms with Gasteiger partial charge in [0.05, 0.1) is 36.2 Å². The molecule has 1 amide bonds. The van der Waals surface area contributed by atoms with E-state index in [0.29, 0.717) is 11.3 Å². The van der Waals surface area contributed by atoms with Crippen molar-refractivity contribution in [3.63, 3.8) is 0 Å². The Kier molecular flexibility index (Phi) is 5.31. The molecule has 0 spiro atoms. The molecule has 3 rings (SSSR count). The average Bonchev–Trinajstić information content (AvgIpc) is 3.05. The number of hydrogen-bond acceptors (Lipinski definition) is 7. The maximum atomic E-state index is 13.7. The van der Waals surface area contributed by atoms with Crippen LogP contribution in [0.5, 0.6) is 11.5 Å². The van der Waals surface area contributed by atoms with Crippen LogP contribution in [0.25, 0.3) is 0 Å². The summed E-state index contributed by atoms with van der Waals surface area (Å²) >= 11 is 1.24. The van der Waals surface area contributed by atoms with Crippen LogP contribution in [0.1, 0.15) is 17.5 Å². The van der Waals surface area contributed by atoms with Crippen molar-refractivity contribution < 1.29 is 19.7 Å². The first-order valence-electron chi connectivity index (χ1n) is 7.42. The molecular formula is C16H14F2N6O2S. The molecule has 0 bridgehead atoms. The van der Waals surface area contributed by atoms with Crippen LogP contribution in [0.2, 0.25) is 0 Å². The van der Waals surface area contributed by atoms with E-state index in [0.717, 1.165) is 18.2 Å². The summed E-state index contributed by atoms with van der Waals surface area (Å²) in [4.78, 5) is 28.0. The molecule has 0 fully saturated rings. The minimum absolute atomic E-state index is 0. The molecule has 8 nitrogen and oxygen atoms in total. The van der Waals surface area contributed by atoms with Gasteiger partial charge in [0.25, 0.3) is 5.91 Å². The van der Waals surface area contributed by atoms with E-state index in [-0.39, 0.29) is 18.6 Å². The van der Waals surface area contributed by atoms with Crippen LogP contribution in [-0.4, -0.2) is 27.2 Å². The van der Waals surface area contributed by atoms with E-state index in [9.17, 15) is 13.6 Å². The first-order chi connectivity index (χ1) is 13.0. The molecule has 0 radical (unpaired) electrons. The number of aryl methyl sites for hydroxylation is 1. The standard InChI is InChI=1S/C16H12F2N6O2S.H2/c1-8-6-27-16(23-8)24-15(25)10-2-9(3-21-14(10)22-7-19)26-12-5-20-4-11(17)13(12)18;/h2-7H,1H3,(H2,19,21,22)(H,23,24,25);1H. The number of nitrogens with one attached hydrogen (secondary N) is 1. The van der Waals surface area contributed by atoms with Gasteiger partial charge in [-0.15, -0.1) is 11.3 Å². The van der Waals surface area contributed by atoms with E-state index in [1.807, 2.05) is 0 Å². The Hall–Kier alpha value is -3.47. The number of rotatable bonds is 5. The highest BCUT2D eigenvalue weighted by atomic mass is 32.1. The van der Waals surface area contributed by atoms with Crippen molar-refractivity contribution in [2.24, 2.45) is 10.7 Å². The van der Waals surface area contributed by atoms with Gasteiger partial charge < -0.3 is 10.5 Å². The molecule has 0 aliphatic rings. The van der Waals surface area contributed by atoms with Gasteiger partial charge in [-0.25, -0.2) is 19.4 Å². The zero-order valence-corrected chi connectivity index (χ0v) is 14.6. The van der Waals surface area contributed by atoms with Crippen LogP contribution in [0.15, 0.2) is 35.0 Å². The third-order valence-electron chi connectivity index (χ3n) is 3.16. The zero-order chi connectivity index (χ0) is 19.4. The number of thiazole rings is 1.